The fourth-order valence-electron chi connectivity index (χ4n) is 5.49. The van der Waals surface area contributed by atoms with Crippen LogP contribution in [0, 0.1) is 25.7 Å². The third-order valence-corrected chi connectivity index (χ3v) is 8.61. The number of carbonyl (C=O) groups excluding carboxylic acids is 2. The topological polar surface area (TPSA) is 95.6 Å². The molecule has 7 nitrogen and oxygen atoms in total. The number of amides is 2. The summed E-state index contributed by atoms with van der Waals surface area (Å²) in [4.78, 5) is 26.6. The van der Waals surface area contributed by atoms with Crippen LogP contribution in [0.15, 0.2) is 41.3 Å². The fourth-order valence-corrected chi connectivity index (χ4v) is 6.65. The van der Waals surface area contributed by atoms with Gasteiger partial charge in [-0.15, -0.1) is 0 Å². The van der Waals surface area contributed by atoms with Crippen LogP contribution in [0.1, 0.15) is 56.2 Å². The second-order valence-electron chi connectivity index (χ2n) is 10.2. The van der Waals surface area contributed by atoms with E-state index in [-0.39, 0.29) is 34.6 Å². The number of anilines is 2. The standard InChI is InChI=1S/C27H35N3O4S/c1-17-11-18(2)13-24(12-17)29-27(32)22-7-5-21(6-8-22)16-28-35(33,34)25-9-10-26-23(15-25)14-19(3)30(26)20(4)31/h9-13,15,19,21-22,28H,5-8,14,16H2,1-4H3,(H,29,32)/t19-,21?,22?/m1/s1. The zero-order valence-electron chi connectivity index (χ0n) is 20.9. The fraction of sp³-hybridized carbons (Fsp3) is 0.481. The second kappa shape index (κ2) is 10.1. The molecule has 1 heterocycles. The van der Waals surface area contributed by atoms with Gasteiger partial charge in [0.15, 0.2) is 0 Å². The van der Waals surface area contributed by atoms with Crippen molar-refractivity contribution in [2.45, 2.75) is 70.7 Å². The van der Waals surface area contributed by atoms with E-state index >= 15 is 0 Å². The van der Waals surface area contributed by atoms with Crippen LogP contribution in [0.2, 0.25) is 0 Å². The molecule has 1 aliphatic carbocycles. The summed E-state index contributed by atoms with van der Waals surface area (Å²) in [6.45, 7) is 7.88. The Labute approximate surface area is 208 Å². The van der Waals surface area contributed by atoms with Gasteiger partial charge in [0.25, 0.3) is 0 Å². The lowest BCUT2D eigenvalue weighted by molar-refractivity contribution is -0.121. The number of nitrogens with one attached hydrogen (secondary N) is 2. The van der Waals surface area contributed by atoms with Crippen LogP contribution in [-0.4, -0.2) is 32.8 Å². The number of nitrogens with zero attached hydrogens (tertiary/aromatic N) is 1. The van der Waals surface area contributed by atoms with E-state index in [9.17, 15) is 18.0 Å². The van der Waals surface area contributed by atoms with Gasteiger partial charge in [-0.1, -0.05) is 6.07 Å². The summed E-state index contributed by atoms with van der Waals surface area (Å²) >= 11 is 0. The largest absolute Gasteiger partial charge is 0.326 e. The Balaban J connectivity index is 1.30. The summed E-state index contributed by atoms with van der Waals surface area (Å²) in [6.07, 6.45) is 3.76. The van der Waals surface area contributed by atoms with Gasteiger partial charge >= 0.3 is 0 Å². The Morgan fingerprint density at radius 2 is 1.66 bits per heavy atom. The first kappa shape index (κ1) is 25.4. The number of fused-ring (bicyclic) bond motifs is 1. The van der Waals surface area contributed by atoms with E-state index < -0.39 is 10.0 Å². The average Bonchev–Trinajstić information content (AvgIpc) is 3.12. The smallest absolute Gasteiger partial charge is 0.240 e. The minimum absolute atomic E-state index is 0.0238. The van der Waals surface area contributed by atoms with Crippen molar-refractivity contribution in [3.63, 3.8) is 0 Å². The molecule has 2 aliphatic rings. The van der Waals surface area contributed by atoms with Crippen molar-refractivity contribution in [3.05, 3.63) is 53.1 Å². The molecule has 2 N–H and O–H groups in total. The molecular formula is C27H35N3O4S. The maximum atomic E-state index is 12.9. The molecule has 2 amide bonds. The van der Waals surface area contributed by atoms with Crippen LogP contribution < -0.4 is 14.9 Å². The van der Waals surface area contributed by atoms with E-state index in [0.717, 1.165) is 53.7 Å². The van der Waals surface area contributed by atoms with Crippen molar-refractivity contribution in [1.29, 1.82) is 0 Å². The van der Waals surface area contributed by atoms with Crippen LogP contribution in [0.3, 0.4) is 0 Å². The molecule has 8 heteroatoms. The highest BCUT2D eigenvalue weighted by atomic mass is 32.2. The van der Waals surface area contributed by atoms with Crippen molar-refractivity contribution < 1.29 is 18.0 Å². The molecule has 1 atom stereocenters. The van der Waals surface area contributed by atoms with Gasteiger partial charge in [-0.25, -0.2) is 13.1 Å². The minimum atomic E-state index is -3.65. The molecule has 1 aliphatic heterocycles. The van der Waals surface area contributed by atoms with Crippen LogP contribution >= 0.6 is 0 Å². The maximum Gasteiger partial charge on any atom is 0.240 e. The lowest BCUT2D eigenvalue weighted by Gasteiger charge is -2.28. The first-order chi connectivity index (χ1) is 16.5. The van der Waals surface area contributed by atoms with Crippen LogP contribution in [0.25, 0.3) is 0 Å². The van der Waals surface area contributed by atoms with Gasteiger partial charge in [-0.05, 0) is 106 Å². The number of rotatable bonds is 6. The minimum Gasteiger partial charge on any atom is -0.326 e. The summed E-state index contributed by atoms with van der Waals surface area (Å²) < 4.78 is 28.7. The summed E-state index contributed by atoms with van der Waals surface area (Å²) in [6, 6.07) is 11.0. The van der Waals surface area contributed by atoms with Crippen LogP contribution in [0.4, 0.5) is 11.4 Å². The van der Waals surface area contributed by atoms with Gasteiger partial charge in [-0.2, -0.15) is 0 Å². The van der Waals surface area contributed by atoms with Gasteiger partial charge in [-0.3, -0.25) is 9.59 Å². The molecule has 2 aromatic rings. The third kappa shape index (κ3) is 5.76. The summed E-state index contributed by atoms with van der Waals surface area (Å²) in [7, 11) is -3.65. The predicted octanol–water partition coefficient (Wildman–Crippen LogP) is 4.32. The number of hydrogen-bond donors (Lipinski definition) is 2. The lowest BCUT2D eigenvalue weighted by atomic mass is 9.81. The molecule has 35 heavy (non-hydrogen) atoms. The van der Waals surface area contributed by atoms with Crippen LogP contribution in [0.5, 0.6) is 0 Å². The summed E-state index contributed by atoms with van der Waals surface area (Å²) in [5.41, 5.74) is 4.74. The predicted molar refractivity (Wildman–Crippen MR) is 138 cm³/mol. The molecule has 0 aromatic heterocycles. The van der Waals surface area contributed by atoms with Crippen LogP contribution in [-0.2, 0) is 26.0 Å². The van der Waals surface area contributed by atoms with E-state index in [2.05, 4.69) is 16.1 Å². The molecule has 0 radical (unpaired) electrons. The number of carbonyl (C=O) groups is 2. The zero-order chi connectivity index (χ0) is 25.3. The summed E-state index contributed by atoms with van der Waals surface area (Å²) in [5.74, 6) is 0.161. The number of benzene rings is 2. The van der Waals surface area contributed by atoms with Crippen molar-refractivity contribution in [2.75, 3.05) is 16.8 Å². The van der Waals surface area contributed by atoms with Crippen molar-refractivity contribution in [1.82, 2.24) is 4.72 Å². The SMILES string of the molecule is CC(=O)N1c2ccc(S(=O)(=O)NCC3CCC(C(=O)Nc4cc(C)cc(C)c4)CC3)cc2C[C@H]1C. The second-order valence-corrected chi connectivity index (χ2v) is 11.9. The first-order valence-corrected chi connectivity index (χ1v) is 13.8. The number of aryl methyl sites for hydroxylation is 2. The maximum absolute atomic E-state index is 12.9. The average molecular weight is 498 g/mol. The van der Waals surface area contributed by atoms with E-state index in [4.69, 9.17) is 0 Å². The molecule has 1 fully saturated rings. The molecular weight excluding hydrogens is 462 g/mol. The van der Waals surface area contributed by atoms with Gasteiger partial charge in [0.1, 0.15) is 0 Å². The molecule has 188 valence electrons. The molecule has 0 bridgehead atoms. The highest BCUT2D eigenvalue weighted by Crippen LogP contribution is 2.34. The van der Waals surface area contributed by atoms with Crippen molar-refractivity contribution >= 4 is 33.2 Å². The van der Waals surface area contributed by atoms with E-state index in [0.29, 0.717) is 13.0 Å². The highest BCUT2D eigenvalue weighted by Gasteiger charge is 2.31. The number of hydrogen-bond acceptors (Lipinski definition) is 4. The highest BCUT2D eigenvalue weighted by molar-refractivity contribution is 7.89. The Bertz CT molecular complexity index is 1210. The lowest BCUT2D eigenvalue weighted by Crippen LogP contribution is -2.34. The van der Waals surface area contributed by atoms with E-state index in [1.807, 2.05) is 32.9 Å². The van der Waals surface area contributed by atoms with Crippen molar-refractivity contribution in [3.8, 4) is 0 Å². The summed E-state index contributed by atoms with van der Waals surface area (Å²) in [5, 5.41) is 3.04. The molecule has 4 rings (SSSR count). The van der Waals surface area contributed by atoms with Gasteiger partial charge in [0.2, 0.25) is 21.8 Å². The normalized spacial score (nSPS) is 22.1. The first-order valence-electron chi connectivity index (χ1n) is 12.3. The zero-order valence-corrected chi connectivity index (χ0v) is 21.7. The number of sulfonamides is 1. The molecule has 0 saturated heterocycles. The quantitative estimate of drug-likeness (QED) is 0.621. The molecule has 0 unspecified atom stereocenters. The Hall–Kier alpha value is -2.71. The molecule has 0 spiro atoms. The van der Waals surface area contributed by atoms with Crippen molar-refractivity contribution in [2.24, 2.45) is 11.8 Å². The van der Waals surface area contributed by atoms with E-state index in [1.165, 1.54) is 6.92 Å². The molecule has 2 aromatic carbocycles. The Morgan fingerprint density at radius 1 is 1.00 bits per heavy atom. The van der Waals surface area contributed by atoms with Gasteiger partial charge in [0.05, 0.1) is 4.90 Å². The Morgan fingerprint density at radius 3 is 2.29 bits per heavy atom. The third-order valence-electron chi connectivity index (χ3n) is 7.18. The van der Waals surface area contributed by atoms with Gasteiger partial charge in [0, 0.05) is 36.8 Å². The molecule has 1 saturated carbocycles. The monoisotopic (exact) mass is 497 g/mol. The van der Waals surface area contributed by atoms with Gasteiger partial charge < -0.3 is 10.2 Å². The van der Waals surface area contributed by atoms with E-state index in [1.54, 1.807) is 23.1 Å². The Kier molecular flexibility index (Phi) is 7.33.